The van der Waals surface area contributed by atoms with Crippen LogP contribution in [0.2, 0.25) is 0 Å². The normalized spacial score (nSPS) is 11.9. The molecule has 0 spiro atoms. The summed E-state index contributed by atoms with van der Waals surface area (Å²) in [6.45, 7) is 9.27. The van der Waals surface area contributed by atoms with E-state index in [0.717, 1.165) is 41.7 Å². The van der Waals surface area contributed by atoms with Crippen molar-refractivity contribution in [2.45, 2.75) is 26.7 Å². The molecule has 138 valence electrons. The third-order valence-electron chi connectivity index (χ3n) is 4.47. The summed E-state index contributed by atoms with van der Waals surface area (Å²) in [5.74, 6) is 0.391. The highest BCUT2D eigenvalue weighted by atomic mass is 35.5. The van der Waals surface area contributed by atoms with Gasteiger partial charge in [-0.05, 0) is 48.5 Å². The van der Waals surface area contributed by atoms with Gasteiger partial charge in [0, 0.05) is 6.54 Å². The number of likely N-dealkylation sites (N-methyl/N-ethyl adjacent to an activating group) is 1. The van der Waals surface area contributed by atoms with E-state index in [-0.39, 0.29) is 24.3 Å². The van der Waals surface area contributed by atoms with Crippen molar-refractivity contribution in [3.05, 3.63) is 42.0 Å². The molecule has 2 aromatic rings. The van der Waals surface area contributed by atoms with Crippen molar-refractivity contribution >= 4 is 29.1 Å². The number of nitrogens with zero attached hydrogens (tertiary/aromatic N) is 1. The van der Waals surface area contributed by atoms with Gasteiger partial charge < -0.3 is 14.4 Å². The third kappa shape index (κ3) is 5.62. The van der Waals surface area contributed by atoms with Gasteiger partial charge in [-0.3, -0.25) is 4.79 Å². The number of rotatable bonds is 8. The van der Waals surface area contributed by atoms with Crippen molar-refractivity contribution in [2.75, 3.05) is 33.4 Å². The number of hydrogen-bond acceptors (Lipinski definition) is 4. The molecule has 0 saturated heterocycles. The van der Waals surface area contributed by atoms with E-state index < -0.39 is 0 Å². The highest BCUT2D eigenvalue weighted by Gasteiger charge is 2.17. The fourth-order valence-corrected chi connectivity index (χ4v) is 2.71. The Bertz CT molecular complexity index is 686. The first kappa shape index (κ1) is 21.3. The molecular weight excluding hydrogens is 338 g/mol. The van der Waals surface area contributed by atoms with Crippen LogP contribution in [-0.4, -0.2) is 44.2 Å². The minimum atomic E-state index is -0.270. The van der Waals surface area contributed by atoms with Crippen LogP contribution < -0.4 is 4.74 Å². The quantitative estimate of drug-likeness (QED) is 0.655. The summed E-state index contributed by atoms with van der Waals surface area (Å²) in [5, 5.41) is 2.19. The first-order valence-corrected chi connectivity index (χ1v) is 8.55. The van der Waals surface area contributed by atoms with Crippen molar-refractivity contribution in [1.29, 1.82) is 0 Å². The maximum absolute atomic E-state index is 12.3. The van der Waals surface area contributed by atoms with Gasteiger partial charge in [0.15, 0.2) is 0 Å². The van der Waals surface area contributed by atoms with Crippen LogP contribution in [0.4, 0.5) is 0 Å². The first-order valence-electron chi connectivity index (χ1n) is 8.55. The summed E-state index contributed by atoms with van der Waals surface area (Å²) < 4.78 is 10.7. The third-order valence-corrected chi connectivity index (χ3v) is 4.47. The molecule has 0 heterocycles. The lowest BCUT2D eigenvalue weighted by Gasteiger charge is -2.18. The average Bonchev–Trinajstić information content (AvgIpc) is 2.63. The van der Waals surface area contributed by atoms with Crippen LogP contribution in [0.3, 0.4) is 0 Å². The lowest BCUT2D eigenvalue weighted by atomic mass is 9.98. The molecule has 0 fully saturated rings. The van der Waals surface area contributed by atoms with Gasteiger partial charge in [-0.1, -0.05) is 38.1 Å². The summed E-state index contributed by atoms with van der Waals surface area (Å²) in [5.41, 5.74) is 0.973. The summed E-state index contributed by atoms with van der Waals surface area (Å²) in [6.07, 6.45) is 0. The van der Waals surface area contributed by atoms with Crippen molar-refractivity contribution in [1.82, 2.24) is 4.90 Å². The van der Waals surface area contributed by atoms with Crippen LogP contribution in [0.1, 0.15) is 32.3 Å². The first-order chi connectivity index (χ1) is 11.6. The van der Waals surface area contributed by atoms with E-state index in [0.29, 0.717) is 6.61 Å². The van der Waals surface area contributed by atoms with E-state index in [1.54, 1.807) is 7.11 Å². The molecule has 5 heteroatoms. The number of fused-ring (bicyclic) bond motifs is 1. The van der Waals surface area contributed by atoms with E-state index >= 15 is 0 Å². The van der Waals surface area contributed by atoms with E-state index in [2.05, 4.69) is 18.7 Å². The average molecular weight is 366 g/mol. The van der Waals surface area contributed by atoms with Gasteiger partial charge in [0.2, 0.25) is 0 Å². The van der Waals surface area contributed by atoms with Gasteiger partial charge in [0.25, 0.3) is 0 Å². The summed E-state index contributed by atoms with van der Waals surface area (Å²) >= 11 is 0. The highest BCUT2D eigenvalue weighted by Crippen LogP contribution is 2.25. The summed E-state index contributed by atoms with van der Waals surface area (Å²) in [6, 6.07) is 12.0. The number of carbonyl (C=O) groups is 1. The zero-order valence-corrected chi connectivity index (χ0v) is 16.3. The lowest BCUT2D eigenvalue weighted by Crippen LogP contribution is -2.28. The van der Waals surface area contributed by atoms with Crippen LogP contribution in [0.15, 0.2) is 36.4 Å². The van der Waals surface area contributed by atoms with E-state index in [9.17, 15) is 4.79 Å². The van der Waals surface area contributed by atoms with Gasteiger partial charge >= 0.3 is 5.97 Å². The standard InChI is InChI=1S/C20H27NO3.ClH/c1-5-21(6-2)11-12-24-20(22)15(3)16-7-8-18-14-19(23-4)10-9-17(18)13-16;/h7-10,13-15H,5-6,11-12H2,1-4H3;1H. The second-order valence-electron chi connectivity index (χ2n) is 5.89. The Morgan fingerprint density at radius 1 is 1.08 bits per heavy atom. The number of esters is 1. The van der Waals surface area contributed by atoms with Crippen molar-refractivity contribution in [3.63, 3.8) is 0 Å². The summed E-state index contributed by atoms with van der Waals surface area (Å²) in [4.78, 5) is 14.5. The molecule has 1 unspecified atom stereocenters. The number of ether oxygens (including phenoxy) is 2. The van der Waals surface area contributed by atoms with E-state index in [4.69, 9.17) is 9.47 Å². The molecule has 25 heavy (non-hydrogen) atoms. The highest BCUT2D eigenvalue weighted by molar-refractivity contribution is 5.86. The number of carbonyl (C=O) groups excluding carboxylic acids is 1. The molecule has 0 saturated carbocycles. The van der Waals surface area contributed by atoms with Gasteiger partial charge in [-0.15, -0.1) is 12.4 Å². The number of benzene rings is 2. The molecule has 0 aliphatic rings. The molecule has 0 N–H and O–H groups in total. The van der Waals surface area contributed by atoms with E-state index in [1.807, 2.05) is 43.3 Å². The van der Waals surface area contributed by atoms with Crippen LogP contribution in [0, 0.1) is 0 Å². The Morgan fingerprint density at radius 3 is 2.36 bits per heavy atom. The Balaban J connectivity index is 0.00000312. The molecular formula is C20H28ClNO3. The molecule has 4 nitrogen and oxygen atoms in total. The van der Waals surface area contributed by atoms with Crippen LogP contribution in [0.25, 0.3) is 10.8 Å². The smallest absolute Gasteiger partial charge is 0.313 e. The number of hydrogen-bond donors (Lipinski definition) is 0. The molecule has 0 bridgehead atoms. The Hall–Kier alpha value is -1.78. The van der Waals surface area contributed by atoms with Crippen LogP contribution in [-0.2, 0) is 9.53 Å². The fourth-order valence-electron chi connectivity index (χ4n) is 2.71. The van der Waals surface area contributed by atoms with Gasteiger partial charge in [-0.2, -0.15) is 0 Å². The molecule has 0 radical (unpaired) electrons. The van der Waals surface area contributed by atoms with Gasteiger partial charge in [0.05, 0.1) is 13.0 Å². The second kappa shape index (κ2) is 10.3. The zero-order valence-electron chi connectivity index (χ0n) is 15.5. The second-order valence-corrected chi connectivity index (χ2v) is 5.89. The van der Waals surface area contributed by atoms with Crippen molar-refractivity contribution in [3.8, 4) is 5.75 Å². The van der Waals surface area contributed by atoms with Gasteiger partial charge in [-0.25, -0.2) is 0 Å². The predicted molar refractivity (Wildman–Crippen MR) is 105 cm³/mol. The predicted octanol–water partition coefficient (Wildman–Crippen LogP) is 4.26. The SMILES string of the molecule is CCN(CC)CCOC(=O)C(C)c1ccc2cc(OC)ccc2c1.Cl. The topological polar surface area (TPSA) is 38.8 Å². The van der Waals surface area contributed by atoms with Crippen molar-refractivity contribution in [2.24, 2.45) is 0 Å². The lowest BCUT2D eigenvalue weighted by molar-refractivity contribution is -0.145. The fraction of sp³-hybridized carbons (Fsp3) is 0.450. The summed E-state index contributed by atoms with van der Waals surface area (Å²) in [7, 11) is 1.66. The molecule has 2 aromatic carbocycles. The maximum Gasteiger partial charge on any atom is 0.313 e. The molecule has 1 atom stereocenters. The van der Waals surface area contributed by atoms with E-state index in [1.165, 1.54) is 0 Å². The minimum absolute atomic E-state index is 0. The zero-order chi connectivity index (χ0) is 17.5. The number of halogens is 1. The molecule has 0 amide bonds. The largest absolute Gasteiger partial charge is 0.497 e. The van der Waals surface area contributed by atoms with Crippen molar-refractivity contribution < 1.29 is 14.3 Å². The number of methoxy groups -OCH3 is 1. The van der Waals surface area contributed by atoms with Crippen LogP contribution in [0.5, 0.6) is 5.75 Å². The molecule has 0 aliphatic carbocycles. The van der Waals surface area contributed by atoms with Gasteiger partial charge in [0.1, 0.15) is 12.4 Å². The van der Waals surface area contributed by atoms with Crippen LogP contribution >= 0.6 is 12.4 Å². The Kier molecular flexibility index (Phi) is 8.73. The molecule has 0 aliphatic heterocycles. The minimum Gasteiger partial charge on any atom is -0.497 e. The monoisotopic (exact) mass is 365 g/mol. The Labute approximate surface area is 156 Å². The molecule has 0 aromatic heterocycles. The Morgan fingerprint density at radius 2 is 1.72 bits per heavy atom. The maximum atomic E-state index is 12.3. The molecule has 2 rings (SSSR count).